The zero-order valence-corrected chi connectivity index (χ0v) is 14.5. The average Bonchev–Trinajstić information content (AvgIpc) is 2.33. The van der Waals surface area contributed by atoms with Crippen molar-refractivity contribution in [1.82, 2.24) is 0 Å². The van der Waals surface area contributed by atoms with Crippen LogP contribution in [0.3, 0.4) is 0 Å². The summed E-state index contributed by atoms with van der Waals surface area (Å²) in [5, 5.41) is 14.2. The van der Waals surface area contributed by atoms with Gasteiger partial charge < -0.3 is 10.2 Å². The fourth-order valence-electron chi connectivity index (χ4n) is 2.40. The van der Waals surface area contributed by atoms with Crippen LogP contribution in [0.15, 0.2) is 23.1 Å². The second-order valence-electron chi connectivity index (χ2n) is 6.61. The van der Waals surface area contributed by atoms with Crippen LogP contribution in [0.2, 0.25) is 0 Å². The molecule has 0 heterocycles. The molecule has 0 unspecified atom stereocenters. The minimum absolute atomic E-state index is 0.0534. The highest BCUT2D eigenvalue weighted by atomic mass is 32.2. The number of nitro benzene ring substituents is 1. The van der Waals surface area contributed by atoms with E-state index in [0.717, 1.165) is 18.9 Å². The van der Waals surface area contributed by atoms with Gasteiger partial charge in [0.25, 0.3) is 5.69 Å². The van der Waals surface area contributed by atoms with Crippen molar-refractivity contribution in [2.75, 3.05) is 38.8 Å². The second-order valence-corrected chi connectivity index (χ2v) is 8.63. The number of rotatable bonds is 7. The van der Waals surface area contributed by atoms with Crippen molar-refractivity contribution in [2.45, 2.75) is 18.7 Å². The molecule has 8 heteroatoms. The molecule has 0 bridgehead atoms. The highest BCUT2D eigenvalue weighted by Gasteiger charge is 2.24. The summed E-state index contributed by atoms with van der Waals surface area (Å²) in [6.45, 7) is 5.60. The summed E-state index contributed by atoms with van der Waals surface area (Å²) in [5.74, 6) is 0. The van der Waals surface area contributed by atoms with Gasteiger partial charge in [0, 0.05) is 24.3 Å². The molecule has 124 valence electrons. The summed E-state index contributed by atoms with van der Waals surface area (Å²) >= 11 is 0. The lowest BCUT2D eigenvalue weighted by Gasteiger charge is -2.26. The van der Waals surface area contributed by atoms with Gasteiger partial charge in [0.2, 0.25) is 0 Å². The number of sulfone groups is 1. The maximum absolute atomic E-state index is 11.5. The first-order chi connectivity index (χ1) is 9.92. The third-order valence-electron chi connectivity index (χ3n) is 3.18. The fraction of sp³-hybridized carbons (Fsp3) is 0.571. The van der Waals surface area contributed by atoms with Gasteiger partial charge in [-0.3, -0.25) is 10.1 Å². The van der Waals surface area contributed by atoms with Crippen LogP contribution >= 0.6 is 0 Å². The highest BCUT2D eigenvalue weighted by Crippen LogP contribution is 2.28. The summed E-state index contributed by atoms with van der Waals surface area (Å²) in [6, 6.07) is 3.93. The van der Waals surface area contributed by atoms with Crippen LogP contribution in [-0.2, 0) is 9.84 Å². The number of hydrogen-bond donors (Lipinski definition) is 2. The Kier molecular flexibility index (Phi) is 5.53. The summed E-state index contributed by atoms with van der Waals surface area (Å²) in [7, 11) is 0.623. The first-order valence-electron chi connectivity index (χ1n) is 6.94. The summed E-state index contributed by atoms with van der Waals surface area (Å²) in [6.07, 6.45) is 1.03. The molecule has 2 N–H and O–H groups in total. The molecule has 0 atom stereocenters. The molecule has 0 aliphatic carbocycles. The SMILES string of the molecule is C[NH+](C)CC(C)(C)CNc1ccc(S(C)(=O)=O)cc1[N+](=O)[O-]. The highest BCUT2D eigenvalue weighted by molar-refractivity contribution is 7.90. The molecule has 0 radical (unpaired) electrons. The molecule has 22 heavy (non-hydrogen) atoms. The van der Waals surface area contributed by atoms with E-state index in [2.05, 4.69) is 19.2 Å². The molecule has 0 fully saturated rings. The molecule has 0 aliphatic heterocycles. The minimum atomic E-state index is -3.47. The van der Waals surface area contributed by atoms with Gasteiger partial charge in [0.05, 0.1) is 30.5 Å². The lowest BCUT2D eigenvalue weighted by Crippen LogP contribution is -3.07. The summed E-state index contributed by atoms with van der Waals surface area (Å²) in [5.41, 5.74) is 0.0533. The lowest BCUT2D eigenvalue weighted by atomic mass is 9.93. The monoisotopic (exact) mass is 330 g/mol. The van der Waals surface area contributed by atoms with Crippen LogP contribution < -0.4 is 10.2 Å². The van der Waals surface area contributed by atoms with Crippen molar-refractivity contribution in [3.8, 4) is 0 Å². The Labute approximate surface area is 131 Å². The zero-order valence-electron chi connectivity index (χ0n) is 13.6. The number of quaternary nitrogens is 1. The predicted molar refractivity (Wildman–Crippen MR) is 86.2 cm³/mol. The predicted octanol–water partition coefficient (Wildman–Crippen LogP) is 0.581. The first-order valence-corrected chi connectivity index (χ1v) is 8.83. The molecular weight excluding hydrogens is 306 g/mol. The Morgan fingerprint density at radius 1 is 1.32 bits per heavy atom. The average molecular weight is 330 g/mol. The Balaban J connectivity index is 3.03. The summed E-state index contributed by atoms with van der Waals surface area (Å²) < 4.78 is 23.0. The largest absolute Gasteiger partial charge is 0.379 e. The van der Waals surface area contributed by atoms with Gasteiger partial charge in [-0.05, 0) is 12.1 Å². The van der Waals surface area contributed by atoms with Crippen LogP contribution in [0, 0.1) is 15.5 Å². The Bertz CT molecular complexity index is 654. The van der Waals surface area contributed by atoms with E-state index in [4.69, 9.17) is 0 Å². The molecular formula is C14H24N3O4S+. The third kappa shape index (κ3) is 5.27. The zero-order chi connectivity index (χ0) is 17.1. The number of hydrogen-bond acceptors (Lipinski definition) is 5. The van der Waals surface area contributed by atoms with Crippen molar-refractivity contribution in [3.05, 3.63) is 28.3 Å². The molecule has 0 spiro atoms. The van der Waals surface area contributed by atoms with Crippen molar-refractivity contribution in [1.29, 1.82) is 0 Å². The standard InChI is InChI=1S/C14H23N3O4S/c1-14(2,10-16(3)4)9-15-12-7-6-11(22(5,20)21)8-13(12)17(18)19/h6-8,15H,9-10H2,1-5H3/p+1. The number of nitrogens with one attached hydrogen (secondary N) is 2. The van der Waals surface area contributed by atoms with Gasteiger partial charge in [-0.25, -0.2) is 8.42 Å². The molecule has 1 rings (SSSR count). The van der Waals surface area contributed by atoms with E-state index in [0.29, 0.717) is 12.2 Å². The third-order valence-corrected chi connectivity index (χ3v) is 4.29. The second kappa shape index (κ2) is 6.62. The van der Waals surface area contributed by atoms with Crippen molar-refractivity contribution < 1.29 is 18.2 Å². The first kappa shape index (κ1) is 18.4. The van der Waals surface area contributed by atoms with E-state index in [1.54, 1.807) is 0 Å². The molecule has 0 saturated carbocycles. The van der Waals surface area contributed by atoms with Gasteiger partial charge in [-0.1, -0.05) is 13.8 Å². The van der Waals surface area contributed by atoms with Crippen LogP contribution in [0.5, 0.6) is 0 Å². The Morgan fingerprint density at radius 2 is 1.91 bits per heavy atom. The molecule has 1 aromatic carbocycles. The van der Waals surface area contributed by atoms with Crippen molar-refractivity contribution in [2.24, 2.45) is 5.41 Å². The maximum atomic E-state index is 11.5. The van der Waals surface area contributed by atoms with E-state index in [1.807, 2.05) is 14.1 Å². The van der Waals surface area contributed by atoms with Gasteiger partial charge in [-0.2, -0.15) is 0 Å². The van der Waals surface area contributed by atoms with Crippen LogP contribution in [0.4, 0.5) is 11.4 Å². The van der Waals surface area contributed by atoms with Crippen LogP contribution in [0.1, 0.15) is 13.8 Å². The van der Waals surface area contributed by atoms with Crippen LogP contribution in [0.25, 0.3) is 0 Å². The van der Waals surface area contributed by atoms with Gasteiger partial charge in [-0.15, -0.1) is 0 Å². The normalized spacial score (nSPS) is 12.5. The van der Waals surface area contributed by atoms with Crippen LogP contribution in [-0.4, -0.2) is 46.8 Å². The fourth-order valence-corrected chi connectivity index (χ4v) is 3.04. The van der Waals surface area contributed by atoms with E-state index >= 15 is 0 Å². The molecule has 0 aliphatic rings. The number of anilines is 1. The Morgan fingerprint density at radius 3 is 2.36 bits per heavy atom. The number of benzene rings is 1. The smallest absolute Gasteiger partial charge is 0.293 e. The van der Waals surface area contributed by atoms with E-state index in [1.165, 1.54) is 17.0 Å². The van der Waals surface area contributed by atoms with E-state index in [-0.39, 0.29) is 16.0 Å². The van der Waals surface area contributed by atoms with Crippen molar-refractivity contribution in [3.63, 3.8) is 0 Å². The molecule has 7 nitrogen and oxygen atoms in total. The molecule has 1 aromatic rings. The lowest BCUT2D eigenvalue weighted by molar-refractivity contribution is -0.865. The number of nitro groups is 1. The molecule has 0 aromatic heterocycles. The summed E-state index contributed by atoms with van der Waals surface area (Å²) in [4.78, 5) is 11.8. The van der Waals surface area contributed by atoms with E-state index < -0.39 is 14.8 Å². The Hall–Kier alpha value is -1.67. The maximum Gasteiger partial charge on any atom is 0.293 e. The van der Waals surface area contributed by atoms with E-state index in [9.17, 15) is 18.5 Å². The van der Waals surface area contributed by atoms with Crippen molar-refractivity contribution >= 4 is 21.2 Å². The number of nitrogens with zero attached hydrogens (tertiary/aromatic N) is 1. The molecule has 0 amide bonds. The van der Waals surface area contributed by atoms with Gasteiger partial charge >= 0.3 is 0 Å². The topological polar surface area (TPSA) is 93.8 Å². The quantitative estimate of drug-likeness (QED) is 0.563. The van der Waals surface area contributed by atoms with Gasteiger partial charge in [0.1, 0.15) is 5.69 Å². The molecule has 0 saturated heterocycles. The minimum Gasteiger partial charge on any atom is -0.379 e. The van der Waals surface area contributed by atoms with Gasteiger partial charge in [0.15, 0.2) is 9.84 Å².